The molecule has 0 fully saturated rings. The van der Waals surface area contributed by atoms with E-state index >= 15 is 0 Å². The molecule has 0 aliphatic heterocycles. The summed E-state index contributed by atoms with van der Waals surface area (Å²) in [5.74, 6) is -0.311. The van der Waals surface area contributed by atoms with Crippen molar-refractivity contribution in [1.29, 1.82) is 5.41 Å². The zero-order valence-corrected chi connectivity index (χ0v) is 13.5. The van der Waals surface area contributed by atoms with Gasteiger partial charge in [-0.25, -0.2) is 4.98 Å². The first-order chi connectivity index (χ1) is 12.0. The van der Waals surface area contributed by atoms with E-state index in [2.05, 4.69) is 20.3 Å². The first-order valence-corrected chi connectivity index (χ1v) is 7.47. The number of hydrogen-bond acceptors (Lipinski definition) is 6. The molecule has 8 heteroatoms. The number of allylic oxidation sites excluding steroid dienone is 1. The smallest absolute Gasteiger partial charge is 0.257 e. The number of carbonyl (C=O) groups excluding carboxylic acids is 1. The first-order valence-electron chi connectivity index (χ1n) is 7.47. The quantitative estimate of drug-likeness (QED) is 0.463. The maximum absolute atomic E-state index is 12.5. The molecular weight excluding hydrogens is 318 g/mol. The number of nitrogen functional groups attached to an aromatic ring is 1. The lowest BCUT2D eigenvalue weighted by atomic mass is 10.2. The Bertz CT molecular complexity index is 1000. The van der Waals surface area contributed by atoms with Crippen LogP contribution in [0.3, 0.4) is 0 Å². The number of aryl methyl sites for hydroxylation is 1. The zero-order valence-electron chi connectivity index (χ0n) is 13.5. The lowest BCUT2D eigenvalue weighted by Gasteiger charge is -2.08. The summed E-state index contributed by atoms with van der Waals surface area (Å²) in [6.07, 6.45) is 5.49. The van der Waals surface area contributed by atoms with Crippen molar-refractivity contribution in [2.24, 2.45) is 5.73 Å². The number of aromatic nitrogens is 3. The van der Waals surface area contributed by atoms with Crippen LogP contribution in [0.1, 0.15) is 21.7 Å². The summed E-state index contributed by atoms with van der Waals surface area (Å²) in [6, 6.07) is 5.16. The molecule has 3 heterocycles. The Morgan fingerprint density at radius 3 is 2.80 bits per heavy atom. The average molecular weight is 335 g/mol. The lowest BCUT2D eigenvalue weighted by Crippen LogP contribution is -2.13. The van der Waals surface area contributed by atoms with E-state index in [9.17, 15) is 4.79 Å². The SMILES string of the molecule is Cc1ncc(N)cc1NC(=O)c1cnc2[nH]c(/C(C=N)=C/N)cc2c1. The fourth-order valence-corrected chi connectivity index (χ4v) is 2.38. The molecule has 0 bridgehead atoms. The lowest BCUT2D eigenvalue weighted by molar-refractivity contribution is 0.102. The topological polar surface area (TPSA) is 147 Å². The number of H-pyrrole nitrogens is 1. The largest absolute Gasteiger partial charge is 0.404 e. The third kappa shape index (κ3) is 3.18. The summed E-state index contributed by atoms with van der Waals surface area (Å²) < 4.78 is 0. The molecule has 0 aliphatic rings. The molecule has 0 unspecified atom stereocenters. The second kappa shape index (κ2) is 6.44. The van der Waals surface area contributed by atoms with Gasteiger partial charge in [0.25, 0.3) is 5.91 Å². The van der Waals surface area contributed by atoms with Gasteiger partial charge in [-0.05, 0) is 25.1 Å². The minimum Gasteiger partial charge on any atom is -0.404 e. The number of nitrogens with zero attached hydrogens (tertiary/aromatic N) is 2. The molecule has 25 heavy (non-hydrogen) atoms. The summed E-state index contributed by atoms with van der Waals surface area (Å²) in [4.78, 5) is 23.9. The second-order valence-corrected chi connectivity index (χ2v) is 5.47. The van der Waals surface area contributed by atoms with Gasteiger partial charge < -0.3 is 27.2 Å². The van der Waals surface area contributed by atoms with E-state index in [0.29, 0.717) is 39.5 Å². The van der Waals surface area contributed by atoms with E-state index in [4.69, 9.17) is 16.9 Å². The Morgan fingerprint density at radius 2 is 2.08 bits per heavy atom. The number of pyridine rings is 2. The molecule has 8 nitrogen and oxygen atoms in total. The number of amides is 1. The van der Waals surface area contributed by atoms with E-state index < -0.39 is 0 Å². The van der Waals surface area contributed by atoms with Gasteiger partial charge in [0.05, 0.1) is 34.5 Å². The molecule has 7 N–H and O–H groups in total. The third-order valence-electron chi connectivity index (χ3n) is 3.73. The van der Waals surface area contributed by atoms with Crippen molar-refractivity contribution in [3.63, 3.8) is 0 Å². The van der Waals surface area contributed by atoms with Gasteiger partial charge in [0, 0.05) is 29.6 Å². The highest BCUT2D eigenvalue weighted by molar-refractivity contribution is 6.09. The predicted octanol–water partition coefficient (Wildman–Crippen LogP) is 2.05. The Hall–Kier alpha value is -3.68. The standard InChI is InChI=1S/C17H17N7O/c1-9-14(4-13(20)8-21-9)24-17(25)11-2-10-3-15(12(5-18)6-19)23-16(10)22-7-11/h2-8,18H,19-20H2,1H3,(H,22,23)(H,24,25)/b12-6+,18-5?. The minimum absolute atomic E-state index is 0.311. The summed E-state index contributed by atoms with van der Waals surface area (Å²) in [5, 5.41) is 10.9. The first kappa shape index (κ1) is 16.2. The van der Waals surface area contributed by atoms with Crippen molar-refractivity contribution >= 4 is 40.1 Å². The summed E-state index contributed by atoms with van der Waals surface area (Å²) in [7, 11) is 0. The molecule has 0 atom stereocenters. The number of aromatic amines is 1. The van der Waals surface area contributed by atoms with E-state index in [-0.39, 0.29) is 5.91 Å². The number of anilines is 2. The molecule has 0 spiro atoms. The van der Waals surface area contributed by atoms with Crippen molar-refractivity contribution in [2.45, 2.75) is 6.92 Å². The maximum atomic E-state index is 12.5. The summed E-state index contributed by atoms with van der Waals surface area (Å²) in [5.41, 5.74) is 15.1. The van der Waals surface area contributed by atoms with Crippen LogP contribution in [0.25, 0.3) is 16.6 Å². The van der Waals surface area contributed by atoms with Crippen molar-refractivity contribution in [3.05, 3.63) is 53.7 Å². The Balaban J connectivity index is 1.92. The zero-order chi connectivity index (χ0) is 18.0. The van der Waals surface area contributed by atoms with Gasteiger partial charge in [-0.3, -0.25) is 9.78 Å². The monoisotopic (exact) mass is 335 g/mol. The van der Waals surface area contributed by atoms with Gasteiger partial charge in [0.1, 0.15) is 5.65 Å². The number of nitrogens with two attached hydrogens (primary N) is 2. The van der Waals surface area contributed by atoms with Crippen LogP contribution in [0.4, 0.5) is 11.4 Å². The van der Waals surface area contributed by atoms with Crippen molar-refractivity contribution in [3.8, 4) is 0 Å². The normalized spacial score (nSPS) is 11.5. The van der Waals surface area contributed by atoms with Gasteiger partial charge >= 0.3 is 0 Å². The molecule has 3 rings (SSSR count). The molecule has 0 aliphatic carbocycles. The number of nitrogens with one attached hydrogen (secondary N) is 3. The molecule has 0 aromatic carbocycles. The highest BCUT2D eigenvalue weighted by atomic mass is 16.1. The molecule has 3 aromatic heterocycles. The predicted molar refractivity (Wildman–Crippen MR) is 98.4 cm³/mol. The van der Waals surface area contributed by atoms with Crippen LogP contribution in [0, 0.1) is 12.3 Å². The van der Waals surface area contributed by atoms with E-state index in [0.717, 1.165) is 11.6 Å². The fourth-order valence-electron chi connectivity index (χ4n) is 2.38. The molecule has 0 saturated heterocycles. The van der Waals surface area contributed by atoms with Crippen molar-refractivity contribution in [2.75, 3.05) is 11.1 Å². The molecule has 1 amide bonds. The van der Waals surface area contributed by atoms with Crippen LogP contribution in [0.15, 0.2) is 36.8 Å². The Kier molecular flexibility index (Phi) is 4.17. The molecule has 0 saturated carbocycles. The van der Waals surface area contributed by atoms with Crippen LogP contribution in [0.5, 0.6) is 0 Å². The molecule has 3 aromatic rings. The summed E-state index contributed by atoms with van der Waals surface area (Å²) >= 11 is 0. The summed E-state index contributed by atoms with van der Waals surface area (Å²) in [6.45, 7) is 1.78. The van der Waals surface area contributed by atoms with Gasteiger partial charge in [0.15, 0.2) is 0 Å². The third-order valence-corrected chi connectivity index (χ3v) is 3.73. The fraction of sp³-hybridized carbons (Fsp3) is 0.0588. The van der Waals surface area contributed by atoms with E-state index in [1.807, 2.05) is 0 Å². The van der Waals surface area contributed by atoms with Crippen LogP contribution < -0.4 is 16.8 Å². The molecule has 0 radical (unpaired) electrons. The van der Waals surface area contributed by atoms with Gasteiger partial charge in [-0.15, -0.1) is 0 Å². The number of hydrogen-bond donors (Lipinski definition) is 5. The Labute approximate surface area is 143 Å². The van der Waals surface area contributed by atoms with Gasteiger partial charge in [-0.2, -0.15) is 0 Å². The van der Waals surface area contributed by atoms with Crippen molar-refractivity contribution < 1.29 is 4.79 Å². The van der Waals surface area contributed by atoms with Crippen molar-refractivity contribution in [1.82, 2.24) is 15.0 Å². The number of carbonyl (C=O) groups is 1. The molecule has 126 valence electrons. The highest BCUT2D eigenvalue weighted by Crippen LogP contribution is 2.21. The molecular formula is C17H17N7O. The van der Waals surface area contributed by atoms with Crippen LogP contribution in [0.2, 0.25) is 0 Å². The highest BCUT2D eigenvalue weighted by Gasteiger charge is 2.12. The Morgan fingerprint density at radius 1 is 1.28 bits per heavy atom. The maximum Gasteiger partial charge on any atom is 0.257 e. The number of rotatable bonds is 4. The van der Waals surface area contributed by atoms with Gasteiger partial charge in [-0.1, -0.05) is 0 Å². The number of fused-ring (bicyclic) bond motifs is 1. The van der Waals surface area contributed by atoms with E-state index in [1.165, 1.54) is 18.6 Å². The second-order valence-electron chi connectivity index (χ2n) is 5.47. The average Bonchev–Trinajstić information content (AvgIpc) is 3.02. The van der Waals surface area contributed by atoms with Gasteiger partial charge in [0.2, 0.25) is 0 Å². The van der Waals surface area contributed by atoms with Crippen LogP contribution >= 0.6 is 0 Å². The minimum atomic E-state index is -0.311. The van der Waals surface area contributed by atoms with Crippen LogP contribution in [-0.2, 0) is 0 Å². The van der Waals surface area contributed by atoms with Crippen LogP contribution in [-0.4, -0.2) is 27.1 Å². The van der Waals surface area contributed by atoms with E-state index in [1.54, 1.807) is 25.1 Å².